The van der Waals surface area contributed by atoms with Crippen LogP contribution in [0.4, 0.5) is 8.78 Å². The van der Waals surface area contributed by atoms with Gasteiger partial charge in [-0.3, -0.25) is 9.59 Å². The number of carboxylic acids is 1. The molecule has 0 saturated carbocycles. The number of methoxy groups -OCH3 is 1. The van der Waals surface area contributed by atoms with E-state index in [4.69, 9.17) is 9.84 Å². The minimum absolute atomic E-state index is 0.0196. The number of aliphatic carboxylic acids is 1. The first kappa shape index (κ1) is 16.7. The van der Waals surface area contributed by atoms with Crippen LogP contribution in [0.3, 0.4) is 0 Å². The fourth-order valence-corrected chi connectivity index (χ4v) is 1.68. The van der Waals surface area contributed by atoms with Crippen LogP contribution in [0.5, 0.6) is 11.5 Å². The van der Waals surface area contributed by atoms with Crippen molar-refractivity contribution in [2.45, 2.75) is 26.0 Å². The Morgan fingerprint density at radius 1 is 1.38 bits per heavy atom. The predicted octanol–water partition coefficient (Wildman–Crippen LogP) is 1.89. The maximum atomic E-state index is 12.4. The van der Waals surface area contributed by atoms with E-state index in [0.29, 0.717) is 0 Å². The first-order chi connectivity index (χ1) is 9.85. The van der Waals surface area contributed by atoms with Crippen LogP contribution < -0.4 is 14.8 Å². The number of halogens is 2. The molecule has 0 aliphatic heterocycles. The third kappa shape index (κ3) is 4.90. The highest BCUT2D eigenvalue weighted by atomic mass is 19.3. The standard InChI is InChI=1S/C13H15F2NO5/c1-7(6-10(17)18)16-12(19)8-4-3-5-9(20-2)11(8)21-13(14)15/h3-5,7,13H,6H2,1-2H3,(H,16,19)(H,17,18). The third-order valence-corrected chi connectivity index (χ3v) is 2.51. The number of carbonyl (C=O) groups is 2. The first-order valence-corrected chi connectivity index (χ1v) is 5.99. The number of carbonyl (C=O) groups excluding carboxylic acids is 1. The van der Waals surface area contributed by atoms with Crippen molar-refractivity contribution in [2.24, 2.45) is 0 Å². The summed E-state index contributed by atoms with van der Waals surface area (Å²) in [6.07, 6.45) is -0.291. The number of alkyl halides is 2. The zero-order valence-corrected chi connectivity index (χ0v) is 11.4. The lowest BCUT2D eigenvalue weighted by atomic mass is 10.1. The zero-order valence-electron chi connectivity index (χ0n) is 11.4. The summed E-state index contributed by atoms with van der Waals surface area (Å²) in [5, 5.41) is 11.0. The molecule has 1 aromatic rings. The smallest absolute Gasteiger partial charge is 0.387 e. The molecule has 0 aromatic heterocycles. The van der Waals surface area contributed by atoms with E-state index in [1.165, 1.54) is 32.2 Å². The number of nitrogens with one attached hydrogen (secondary N) is 1. The van der Waals surface area contributed by atoms with Gasteiger partial charge in [0.25, 0.3) is 5.91 Å². The normalized spacial score (nSPS) is 11.9. The Labute approximate surface area is 119 Å². The van der Waals surface area contributed by atoms with Gasteiger partial charge in [-0.05, 0) is 19.1 Å². The van der Waals surface area contributed by atoms with Gasteiger partial charge in [0.2, 0.25) is 0 Å². The van der Waals surface area contributed by atoms with Crippen LogP contribution >= 0.6 is 0 Å². The molecule has 2 N–H and O–H groups in total. The molecule has 1 atom stereocenters. The molecule has 1 rings (SSSR count). The van der Waals surface area contributed by atoms with Crippen LogP contribution in [-0.4, -0.2) is 36.7 Å². The van der Waals surface area contributed by atoms with E-state index >= 15 is 0 Å². The van der Waals surface area contributed by atoms with Crippen molar-refractivity contribution >= 4 is 11.9 Å². The number of hydrogen-bond donors (Lipinski definition) is 2. The van der Waals surface area contributed by atoms with Crippen molar-refractivity contribution in [3.63, 3.8) is 0 Å². The maximum absolute atomic E-state index is 12.4. The molecule has 1 amide bonds. The second-order valence-electron chi connectivity index (χ2n) is 4.19. The van der Waals surface area contributed by atoms with Crippen molar-refractivity contribution in [1.82, 2.24) is 5.32 Å². The minimum Gasteiger partial charge on any atom is -0.493 e. The van der Waals surface area contributed by atoms with E-state index in [0.717, 1.165) is 0 Å². The molecule has 0 radical (unpaired) electrons. The van der Waals surface area contributed by atoms with Gasteiger partial charge in [-0.25, -0.2) is 0 Å². The van der Waals surface area contributed by atoms with Gasteiger partial charge in [-0.1, -0.05) is 6.07 Å². The zero-order chi connectivity index (χ0) is 16.0. The number of carboxylic acid groups (broad SMARTS) is 1. The van der Waals surface area contributed by atoms with Gasteiger partial charge in [-0.15, -0.1) is 0 Å². The molecule has 116 valence electrons. The average molecular weight is 303 g/mol. The molecule has 6 nitrogen and oxygen atoms in total. The number of para-hydroxylation sites is 1. The summed E-state index contributed by atoms with van der Waals surface area (Å²) in [5.41, 5.74) is -0.160. The van der Waals surface area contributed by atoms with Gasteiger partial charge in [0.05, 0.1) is 19.1 Å². The van der Waals surface area contributed by atoms with Crippen molar-refractivity contribution in [3.8, 4) is 11.5 Å². The molecule has 21 heavy (non-hydrogen) atoms. The molecule has 0 spiro atoms. The Morgan fingerprint density at radius 2 is 2.05 bits per heavy atom. The summed E-state index contributed by atoms with van der Waals surface area (Å²) >= 11 is 0. The van der Waals surface area contributed by atoms with E-state index in [9.17, 15) is 18.4 Å². The number of benzene rings is 1. The average Bonchev–Trinajstić information content (AvgIpc) is 2.36. The fourth-order valence-electron chi connectivity index (χ4n) is 1.68. The second-order valence-corrected chi connectivity index (χ2v) is 4.19. The Hall–Kier alpha value is -2.38. The predicted molar refractivity (Wildman–Crippen MR) is 68.8 cm³/mol. The molecule has 1 aromatic carbocycles. The van der Waals surface area contributed by atoms with Crippen molar-refractivity contribution in [3.05, 3.63) is 23.8 Å². The summed E-state index contributed by atoms with van der Waals surface area (Å²) in [5.74, 6) is -2.22. The highest BCUT2D eigenvalue weighted by Gasteiger charge is 2.21. The van der Waals surface area contributed by atoms with E-state index < -0.39 is 30.3 Å². The van der Waals surface area contributed by atoms with Crippen molar-refractivity contribution in [2.75, 3.05) is 7.11 Å². The van der Waals surface area contributed by atoms with Gasteiger partial charge in [0, 0.05) is 6.04 Å². The lowest BCUT2D eigenvalue weighted by Crippen LogP contribution is -2.34. The highest BCUT2D eigenvalue weighted by Crippen LogP contribution is 2.32. The molecule has 0 bridgehead atoms. The topological polar surface area (TPSA) is 84.9 Å². The molecule has 8 heteroatoms. The van der Waals surface area contributed by atoms with E-state index in [1.54, 1.807) is 0 Å². The molecule has 0 saturated heterocycles. The SMILES string of the molecule is COc1cccc(C(=O)NC(C)CC(=O)O)c1OC(F)F. The second kappa shape index (κ2) is 7.41. The van der Waals surface area contributed by atoms with Gasteiger partial charge in [-0.2, -0.15) is 8.78 Å². The Balaban J connectivity index is 3.00. The van der Waals surface area contributed by atoms with Crippen molar-refractivity contribution in [1.29, 1.82) is 0 Å². The number of ether oxygens (including phenoxy) is 2. The number of rotatable bonds is 7. The summed E-state index contributed by atoms with van der Waals surface area (Å²) in [4.78, 5) is 22.6. The Morgan fingerprint density at radius 3 is 2.57 bits per heavy atom. The number of amides is 1. The first-order valence-electron chi connectivity index (χ1n) is 5.99. The summed E-state index contributed by atoms with van der Waals surface area (Å²) in [7, 11) is 1.25. The van der Waals surface area contributed by atoms with Gasteiger partial charge >= 0.3 is 12.6 Å². The minimum atomic E-state index is -3.12. The van der Waals surface area contributed by atoms with Gasteiger partial charge in [0.15, 0.2) is 11.5 Å². The van der Waals surface area contributed by atoms with E-state index in [-0.39, 0.29) is 17.7 Å². The summed E-state index contributed by atoms with van der Waals surface area (Å²) in [6, 6.07) is 3.42. The summed E-state index contributed by atoms with van der Waals surface area (Å²) in [6.45, 7) is -1.64. The lowest BCUT2D eigenvalue weighted by molar-refractivity contribution is -0.137. The molecular weight excluding hydrogens is 288 g/mol. The summed E-state index contributed by atoms with van der Waals surface area (Å²) < 4.78 is 34.0. The lowest BCUT2D eigenvalue weighted by Gasteiger charge is -2.16. The molecule has 0 heterocycles. The fraction of sp³-hybridized carbons (Fsp3) is 0.385. The van der Waals surface area contributed by atoms with E-state index in [1.807, 2.05) is 0 Å². The van der Waals surface area contributed by atoms with Crippen molar-refractivity contribution < 1.29 is 33.0 Å². The highest BCUT2D eigenvalue weighted by molar-refractivity contribution is 5.98. The van der Waals surface area contributed by atoms with Crippen LogP contribution in [0.2, 0.25) is 0 Å². The molecule has 0 fully saturated rings. The monoisotopic (exact) mass is 303 g/mol. The van der Waals surface area contributed by atoms with Crippen LogP contribution in [0, 0.1) is 0 Å². The molecule has 1 unspecified atom stereocenters. The van der Waals surface area contributed by atoms with E-state index in [2.05, 4.69) is 10.1 Å². The quantitative estimate of drug-likeness (QED) is 0.803. The molecular formula is C13H15F2NO5. The molecule has 0 aliphatic carbocycles. The number of hydrogen-bond acceptors (Lipinski definition) is 4. The van der Waals surface area contributed by atoms with Gasteiger partial charge < -0.3 is 19.9 Å². The van der Waals surface area contributed by atoms with Gasteiger partial charge in [0.1, 0.15) is 0 Å². The largest absolute Gasteiger partial charge is 0.493 e. The van der Waals surface area contributed by atoms with Crippen LogP contribution in [0.25, 0.3) is 0 Å². The Kier molecular flexibility index (Phi) is 5.89. The maximum Gasteiger partial charge on any atom is 0.387 e. The van der Waals surface area contributed by atoms with Crippen LogP contribution in [0.15, 0.2) is 18.2 Å². The van der Waals surface area contributed by atoms with Crippen LogP contribution in [0.1, 0.15) is 23.7 Å². The molecule has 0 aliphatic rings. The van der Waals surface area contributed by atoms with Crippen LogP contribution in [-0.2, 0) is 4.79 Å². The third-order valence-electron chi connectivity index (χ3n) is 2.51. The Bertz CT molecular complexity index is 521.